The fourth-order valence-corrected chi connectivity index (χ4v) is 3.87. The second-order valence-corrected chi connectivity index (χ2v) is 7.51. The molecule has 1 heterocycles. The van der Waals surface area contributed by atoms with E-state index in [4.69, 9.17) is 4.74 Å². The third-order valence-electron chi connectivity index (χ3n) is 5.88. The monoisotopic (exact) mass is 351 g/mol. The molecule has 138 valence electrons. The maximum absolute atomic E-state index is 13.0. The molecule has 0 saturated heterocycles. The summed E-state index contributed by atoms with van der Waals surface area (Å²) < 4.78 is 6.34. The van der Waals surface area contributed by atoms with Crippen molar-refractivity contribution in [2.75, 3.05) is 0 Å². The Labute approximate surface area is 156 Å². The van der Waals surface area contributed by atoms with Gasteiger partial charge in [-0.3, -0.25) is 4.79 Å². The van der Waals surface area contributed by atoms with Crippen molar-refractivity contribution in [1.29, 1.82) is 0 Å². The molecule has 3 nitrogen and oxygen atoms in total. The van der Waals surface area contributed by atoms with Crippen LogP contribution < -0.4 is 10.1 Å². The first kappa shape index (κ1) is 18.5. The summed E-state index contributed by atoms with van der Waals surface area (Å²) in [5.74, 6) is 0.887. The topological polar surface area (TPSA) is 38.3 Å². The summed E-state index contributed by atoms with van der Waals surface area (Å²) in [5.41, 5.74) is 4.99. The van der Waals surface area contributed by atoms with Crippen molar-refractivity contribution in [2.45, 2.75) is 65.5 Å². The lowest BCUT2D eigenvalue weighted by molar-refractivity contribution is 0.0227. The van der Waals surface area contributed by atoms with Crippen LogP contribution in [0.4, 0.5) is 0 Å². The second-order valence-electron chi connectivity index (χ2n) is 7.51. The zero-order valence-electron chi connectivity index (χ0n) is 16.5. The predicted octanol–water partition coefficient (Wildman–Crippen LogP) is 5.42. The molecule has 0 bridgehead atoms. The molecule has 26 heavy (non-hydrogen) atoms. The number of aryl methyl sites for hydroxylation is 3. The van der Waals surface area contributed by atoms with Gasteiger partial charge >= 0.3 is 0 Å². The van der Waals surface area contributed by atoms with Crippen LogP contribution in [0, 0.1) is 20.8 Å². The molecular weight excluding hydrogens is 322 g/mol. The van der Waals surface area contributed by atoms with Crippen LogP contribution in [0.25, 0.3) is 0 Å². The molecule has 2 aromatic carbocycles. The van der Waals surface area contributed by atoms with E-state index in [1.807, 2.05) is 31.2 Å². The summed E-state index contributed by atoms with van der Waals surface area (Å²) >= 11 is 0. The van der Waals surface area contributed by atoms with Crippen molar-refractivity contribution in [2.24, 2.45) is 0 Å². The number of benzene rings is 2. The molecular formula is C23H29NO2. The lowest BCUT2D eigenvalue weighted by Crippen LogP contribution is -2.44. The molecule has 1 amide bonds. The average molecular weight is 351 g/mol. The van der Waals surface area contributed by atoms with E-state index in [-0.39, 0.29) is 17.6 Å². The molecule has 1 N–H and O–H groups in total. The van der Waals surface area contributed by atoms with Crippen LogP contribution in [0.1, 0.15) is 71.8 Å². The highest BCUT2D eigenvalue weighted by atomic mass is 16.5. The van der Waals surface area contributed by atoms with Crippen molar-refractivity contribution in [3.63, 3.8) is 0 Å². The van der Waals surface area contributed by atoms with Gasteiger partial charge in [-0.05, 0) is 62.4 Å². The van der Waals surface area contributed by atoms with E-state index in [1.165, 1.54) is 5.56 Å². The molecule has 0 aliphatic carbocycles. The minimum Gasteiger partial charge on any atom is -0.487 e. The van der Waals surface area contributed by atoms with E-state index in [9.17, 15) is 4.79 Å². The van der Waals surface area contributed by atoms with Gasteiger partial charge in [-0.25, -0.2) is 0 Å². The van der Waals surface area contributed by atoms with Crippen molar-refractivity contribution < 1.29 is 9.53 Å². The number of para-hydroxylation sites is 1. The molecule has 2 aromatic rings. The van der Waals surface area contributed by atoms with E-state index >= 15 is 0 Å². The summed E-state index contributed by atoms with van der Waals surface area (Å²) in [6.07, 6.45) is 2.65. The van der Waals surface area contributed by atoms with Gasteiger partial charge in [0.1, 0.15) is 11.4 Å². The Balaban J connectivity index is 1.93. The van der Waals surface area contributed by atoms with Gasteiger partial charge in [0.05, 0.1) is 6.04 Å². The quantitative estimate of drug-likeness (QED) is 0.798. The molecule has 0 fully saturated rings. The van der Waals surface area contributed by atoms with Gasteiger partial charge in [0.2, 0.25) is 0 Å². The predicted molar refractivity (Wildman–Crippen MR) is 106 cm³/mol. The van der Waals surface area contributed by atoms with E-state index in [0.29, 0.717) is 0 Å². The van der Waals surface area contributed by atoms with Crippen molar-refractivity contribution in [1.82, 2.24) is 5.32 Å². The minimum atomic E-state index is -0.218. The molecule has 3 heteroatoms. The Hall–Kier alpha value is -2.29. The SMILES string of the molecule is CCC1(CC)C[C@@H](NC(=O)c2cc(C)c(C)cc2C)c2ccccc2O1. The third-order valence-corrected chi connectivity index (χ3v) is 5.88. The maximum Gasteiger partial charge on any atom is 0.252 e. The first-order valence-corrected chi connectivity index (χ1v) is 9.55. The van der Waals surface area contributed by atoms with Gasteiger partial charge in [0.15, 0.2) is 0 Å². The van der Waals surface area contributed by atoms with E-state index in [0.717, 1.165) is 47.3 Å². The number of nitrogens with one attached hydrogen (secondary N) is 1. The second kappa shape index (κ2) is 7.14. The Morgan fingerprint density at radius 2 is 1.73 bits per heavy atom. The summed E-state index contributed by atoms with van der Waals surface area (Å²) in [5, 5.41) is 3.28. The molecule has 0 unspecified atom stereocenters. The summed E-state index contributed by atoms with van der Waals surface area (Å²) in [7, 11) is 0. The number of hydrogen-bond donors (Lipinski definition) is 1. The lowest BCUT2D eigenvalue weighted by Gasteiger charge is -2.41. The lowest BCUT2D eigenvalue weighted by atomic mass is 9.83. The Morgan fingerprint density at radius 1 is 1.08 bits per heavy atom. The van der Waals surface area contributed by atoms with Gasteiger partial charge in [-0.2, -0.15) is 0 Å². The molecule has 0 spiro atoms. The normalized spacial score (nSPS) is 18.0. The smallest absolute Gasteiger partial charge is 0.252 e. The van der Waals surface area contributed by atoms with Gasteiger partial charge in [-0.1, -0.05) is 38.1 Å². The van der Waals surface area contributed by atoms with Crippen LogP contribution in [0.2, 0.25) is 0 Å². The average Bonchev–Trinajstić information content (AvgIpc) is 2.64. The zero-order chi connectivity index (χ0) is 18.9. The summed E-state index contributed by atoms with van der Waals surface area (Å²) in [4.78, 5) is 13.0. The number of rotatable bonds is 4. The number of carbonyl (C=O) groups is 1. The summed E-state index contributed by atoms with van der Waals surface area (Å²) in [6.45, 7) is 10.4. The van der Waals surface area contributed by atoms with Gasteiger partial charge in [0.25, 0.3) is 5.91 Å². The van der Waals surface area contributed by atoms with E-state index in [1.54, 1.807) is 0 Å². The highest BCUT2D eigenvalue weighted by Gasteiger charge is 2.39. The first-order valence-electron chi connectivity index (χ1n) is 9.55. The Morgan fingerprint density at radius 3 is 2.42 bits per heavy atom. The molecule has 0 saturated carbocycles. The Kier molecular flexibility index (Phi) is 5.08. The summed E-state index contributed by atoms with van der Waals surface area (Å²) in [6, 6.07) is 12.1. The van der Waals surface area contributed by atoms with Crippen LogP contribution in [-0.4, -0.2) is 11.5 Å². The van der Waals surface area contributed by atoms with Gasteiger partial charge in [0, 0.05) is 17.5 Å². The van der Waals surface area contributed by atoms with E-state index in [2.05, 4.69) is 45.1 Å². The number of ether oxygens (including phenoxy) is 1. The van der Waals surface area contributed by atoms with Gasteiger partial charge < -0.3 is 10.1 Å². The van der Waals surface area contributed by atoms with Crippen molar-refractivity contribution in [3.05, 3.63) is 64.2 Å². The number of fused-ring (bicyclic) bond motifs is 1. The standard InChI is InChI=1S/C23H29NO2/c1-6-23(7-2)14-20(18-10-8-9-11-21(18)26-23)24-22(25)19-13-16(4)15(3)12-17(19)5/h8-13,20H,6-7,14H2,1-5H3,(H,24,25)/t20-/m1/s1. The minimum absolute atomic E-state index is 0.00610. The zero-order valence-corrected chi connectivity index (χ0v) is 16.5. The van der Waals surface area contributed by atoms with Crippen LogP contribution in [0.3, 0.4) is 0 Å². The highest BCUT2D eigenvalue weighted by molar-refractivity contribution is 5.96. The van der Waals surface area contributed by atoms with Crippen LogP contribution in [0.5, 0.6) is 5.75 Å². The number of carbonyl (C=O) groups excluding carboxylic acids is 1. The fraction of sp³-hybridized carbons (Fsp3) is 0.435. The third kappa shape index (κ3) is 3.35. The molecule has 0 aromatic heterocycles. The maximum atomic E-state index is 13.0. The Bertz CT molecular complexity index is 821. The van der Waals surface area contributed by atoms with Crippen LogP contribution >= 0.6 is 0 Å². The molecule has 1 aliphatic rings. The van der Waals surface area contributed by atoms with E-state index < -0.39 is 0 Å². The highest BCUT2D eigenvalue weighted by Crippen LogP contribution is 2.42. The van der Waals surface area contributed by atoms with Gasteiger partial charge in [-0.15, -0.1) is 0 Å². The van der Waals surface area contributed by atoms with Crippen molar-refractivity contribution in [3.8, 4) is 5.75 Å². The van der Waals surface area contributed by atoms with Crippen LogP contribution in [-0.2, 0) is 0 Å². The molecule has 0 radical (unpaired) electrons. The molecule has 1 atom stereocenters. The largest absolute Gasteiger partial charge is 0.487 e. The fourth-order valence-electron chi connectivity index (χ4n) is 3.87. The number of amides is 1. The molecule has 3 rings (SSSR count). The van der Waals surface area contributed by atoms with Crippen LogP contribution in [0.15, 0.2) is 36.4 Å². The van der Waals surface area contributed by atoms with Crippen molar-refractivity contribution >= 4 is 5.91 Å². The number of hydrogen-bond acceptors (Lipinski definition) is 2. The molecule has 1 aliphatic heterocycles. The first-order chi connectivity index (χ1) is 12.4.